The number of carbonyl (C=O) groups is 1. The second-order valence-corrected chi connectivity index (χ2v) is 7.83. The van der Waals surface area contributed by atoms with Crippen LogP contribution >= 0.6 is 0 Å². The number of nitrogens with one attached hydrogen (secondary N) is 1. The molecule has 0 aliphatic carbocycles. The van der Waals surface area contributed by atoms with Gasteiger partial charge in [-0.2, -0.15) is 0 Å². The van der Waals surface area contributed by atoms with Crippen LogP contribution in [0.5, 0.6) is 0 Å². The first-order valence-electron chi connectivity index (χ1n) is 10.4. The van der Waals surface area contributed by atoms with Crippen molar-refractivity contribution < 1.29 is 4.79 Å². The van der Waals surface area contributed by atoms with E-state index in [1.54, 1.807) is 6.33 Å². The monoisotopic (exact) mass is 395 g/mol. The van der Waals surface area contributed by atoms with Gasteiger partial charge in [-0.25, -0.2) is 9.78 Å². The molecule has 4 rings (SSSR count). The number of carbonyl (C=O) groups excluding carboxylic acids is 1. The second-order valence-electron chi connectivity index (χ2n) is 7.83. The third-order valence-corrected chi connectivity index (χ3v) is 5.81. The highest BCUT2D eigenvalue weighted by Gasteiger charge is 2.28. The van der Waals surface area contributed by atoms with Crippen molar-refractivity contribution in [3.8, 4) is 0 Å². The van der Waals surface area contributed by atoms with Gasteiger partial charge in [0, 0.05) is 32.6 Å². The van der Waals surface area contributed by atoms with Crippen LogP contribution in [-0.2, 0) is 13.6 Å². The summed E-state index contributed by atoms with van der Waals surface area (Å²) in [5.41, 5.74) is 2.20. The van der Waals surface area contributed by atoms with Crippen molar-refractivity contribution in [3.05, 3.63) is 42.2 Å². The fraction of sp³-hybridized carbons (Fsp3) is 0.524. The van der Waals surface area contributed by atoms with Gasteiger partial charge in [0.05, 0.1) is 17.1 Å². The minimum Gasteiger partial charge on any atom is -0.331 e. The molecule has 1 aliphatic rings. The molecule has 1 atom stereocenters. The molecule has 3 heterocycles. The van der Waals surface area contributed by atoms with Crippen molar-refractivity contribution in [2.45, 2.75) is 51.6 Å². The fourth-order valence-corrected chi connectivity index (χ4v) is 4.22. The highest BCUT2D eigenvalue weighted by atomic mass is 16.2. The van der Waals surface area contributed by atoms with Crippen LogP contribution in [0.3, 0.4) is 0 Å². The number of benzene rings is 1. The maximum atomic E-state index is 12.8. The number of urea groups is 1. The number of likely N-dealkylation sites (tertiary alicyclic amines) is 1. The van der Waals surface area contributed by atoms with Crippen LogP contribution < -0.4 is 5.32 Å². The average Bonchev–Trinajstić information content (AvgIpc) is 3.33. The lowest BCUT2D eigenvalue weighted by Gasteiger charge is -2.32. The van der Waals surface area contributed by atoms with Crippen molar-refractivity contribution in [3.63, 3.8) is 0 Å². The van der Waals surface area contributed by atoms with Gasteiger partial charge in [-0.3, -0.25) is 0 Å². The maximum absolute atomic E-state index is 12.8. The molecular weight excluding hydrogens is 366 g/mol. The molecule has 1 aromatic carbocycles. The molecule has 0 saturated carbocycles. The Labute approximate surface area is 170 Å². The Hall–Kier alpha value is -2.90. The summed E-state index contributed by atoms with van der Waals surface area (Å²) in [6.07, 6.45) is 4.57. The summed E-state index contributed by atoms with van der Waals surface area (Å²) in [6.45, 7) is 6.39. The number of aryl methyl sites for hydroxylation is 2. The minimum absolute atomic E-state index is 0.0352. The van der Waals surface area contributed by atoms with Crippen molar-refractivity contribution in [2.75, 3.05) is 13.1 Å². The molecule has 0 spiro atoms. The van der Waals surface area contributed by atoms with Gasteiger partial charge in [0.2, 0.25) is 0 Å². The Morgan fingerprint density at radius 1 is 1.28 bits per heavy atom. The molecule has 0 bridgehead atoms. The molecule has 1 N–H and O–H groups in total. The summed E-state index contributed by atoms with van der Waals surface area (Å²) in [5, 5.41) is 11.3. The number of nitrogens with zero attached hydrogens (tertiary/aromatic N) is 6. The summed E-state index contributed by atoms with van der Waals surface area (Å²) >= 11 is 0. The highest BCUT2D eigenvalue weighted by Crippen LogP contribution is 2.29. The van der Waals surface area contributed by atoms with Gasteiger partial charge in [0.25, 0.3) is 0 Å². The number of hydrogen-bond acceptors (Lipinski definition) is 4. The topological polar surface area (TPSA) is 80.9 Å². The average molecular weight is 396 g/mol. The van der Waals surface area contributed by atoms with Crippen LogP contribution in [0, 0.1) is 0 Å². The number of rotatable bonds is 5. The smallest absolute Gasteiger partial charge is 0.317 e. The van der Waals surface area contributed by atoms with Crippen LogP contribution in [0.2, 0.25) is 0 Å². The number of amides is 2. The van der Waals surface area contributed by atoms with Crippen molar-refractivity contribution >= 4 is 17.1 Å². The lowest BCUT2D eigenvalue weighted by Crippen LogP contribution is -2.45. The Morgan fingerprint density at radius 2 is 2.03 bits per heavy atom. The van der Waals surface area contributed by atoms with E-state index >= 15 is 0 Å². The van der Waals surface area contributed by atoms with E-state index in [0.717, 1.165) is 61.6 Å². The molecule has 2 aromatic heterocycles. The Kier molecular flexibility index (Phi) is 5.51. The number of piperidine rings is 1. The van der Waals surface area contributed by atoms with Gasteiger partial charge >= 0.3 is 6.03 Å². The number of aromatic nitrogens is 5. The lowest BCUT2D eigenvalue weighted by atomic mass is 9.96. The van der Waals surface area contributed by atoms with Gasteiger partial charge in [-0.15, -0.1) is 10.2 Å². The predicted octanol–water partition coefficient (Wildman–Crippen LogP) is 3.23. The summed E-state index contributed by atoms with van der Waals surface area (Å²) in [5.74, 6) is 2.30. The molecular formula is C21H29N7O. The zero-order valence-electron chi connectivity index (χ0n) is 17.4. The SMILES string of the molecule is CCCn1cnnc1[C@@H](C)NC(=O)N1CCC(c2nc3ccccc3n2C)CC1. The molecule has 8 heteroatoms. The van der Waals surface area contributed by atoms with Crippen LogP contribution in [0.25, 0.3) is 11.0 Å². The first-order valence-corrected chi connectivity index (χ1v) is 10.4. The molecule has 1 aliphatic heterocycles. The van der Waals surface area contributed by atoms with Gasteiger partial charge in [0.1, 0.15) is 12.2 Å². The maximum Gasteiger partial charge on any atom is 0.317 e. The molecule has 1 fully saturated rings. The van der Waals surface area contributed by atoms with Gasteiger partial charge in [0.15, 0.2) is 5.82 Å². The first kappa shape index (κ1) is 19.4. The largest absolute Gasteiger partial charge is 0.331 e. The molecule has 2 amide bonds. The van der Waals surface area contributed by atoms with Gasteiger partial charge in [-0.1, -0.05) is 19.1 Å². The van der Waals surface area contributed by atoms with Gasteiger partial charge in [-0.05, 0) is 38.3 Å². The molecule has 29 heavy (non-hydrogen) atoms. The zero-order chi connectivity index (χ0) is 20.4. The second kappa shape index (κ2) is 8.23. The van der Waals surface area contributed by atoms with E-state index in [4.69, 9.17) is 4.98 Å². The van der Waals surface area contributed by atoms with E-state index in [1.165, 1.54) is 0 Å². The lowest BCUT2D eigenvalue weighted by molar-refractivity contribution is 0.176. The van der Waals surface area contributed by atoms with E-state index in [0.29, 0.717) is 5.92 Å². The highest BCUT2D eigenvalue weighted by molar-refractivity contribution is 5.76. The number of fused-ring (bicyclic) bond motifs is 1. The van der Waals surface area contributed by atoms with E-state index in [-0.39, 0.29) is 12.1 Å². The Balaban J connectivity index is 1.37. The molecule has 0 radical (unpaired) electrons. The standard InChI is InChI=1S/C21H29N7O/c1-4-11-28-14-22-25-19(28)15(2)23-21(29)27-12-9-16(10-13-27)20-24-17-7-5-6-8-18(17)26(20)3/h5-8,14-16H,4,9-13H2,1-3H3,(H,23,29)/t15-/m1/s1. The van der Waals surface area contributed by atoms with E-state index in [1.807, 2.05) is 28.5 Å². The van der Waals surface area contributed by atoms with Crippen LogP contribution in [0.1, 0.15) is 56.7 Å². The first-order chi connectivity index (χ1) is 14.1. The van der Waals surface area contributed by atoms with Gasteiger partial charge < -0.3 is 19.4 Å². The summed E-state index contributed by atoms with van der Waals surface area (Å²) in [6, 6.07) is 8.02. The molecule has 3 aromatic rings. The minimum atomic E-state index is -0.172. The van der Waals surface area contributed by atoms with Crippen molar-refractivity contribution in [1.29, 1.82) is 0 Å². The van der Waals surface area contributed by atoms with E-state index < -0.39 is 0 Å². The number of para-hydroxylation sites is 2. The number of imidazole rings is 1. The normalized spacial score (nSPS) is 16.3. The summed E-state index contributed by atoms with van der Waals surface area (Å²) in [7, 11) is 2.08. The Bertz CT molecular complexity index is 984. The molecule has 0 unspecified atom stereocenters. The predicted molar refractivity (Wildman–Crippen MR) is 112 cm³/mol. The van der Waals surface area contributed by atoms with E-state index in [2.05, 4.69) is 46.2 Å². The van der Waals surface area contributed by atoms with E-state index in [9.17, 15) is 4.79 Å². The molecule has 154 valence electrons. The molecule has 1 saturated heterocycles. The molecule has 8 nitrogen and oxygen atoms in total. The number of hydrogen-bond donors (Lipinski definition) is 1. The Morgan fingerprint density at radius 3 is 2.76 bits per heavy atom. The van der Waals surface area contributed by atoms with Crippen molar-refractivity contribution in [1.82, 2.24) is 34.5 Å². The quantitative estimate of drug-likeness (QED) is 0.719. The van der Waals surface area contributed by atoms with Crippen LogP contribution in [-0.4, -0.2) is 48.3 Å². The van der Waals surface area contributed by atoms with Crippen LogP contribution in [0.15, 0.2) is 30.6 Å². The van der Waals surface area contributed by atoms with Crippen molar-refractivity contribution in [2.24, 2.45) is 7.05 Å². The van der Waals surface area contributed by atoms with Crippen LogP contribution in [0.4, 0.5) is 4.79 Å². The summed E-state index contributed by atoms with van der Waals surface area (Å²) < 4.78 is 4.20. The third kappa shape index (κ3) is 3.83. The zero-order valence-corrected chi connectivity index (χ0v) is 17.4. The summed E-state index contributed by atoms with van der Waals surface area (Å²) in [4.78, 5) is 19.5. The third-order valence-electron chi connectivity index (χ3n) is 5.81. The fourth-order valence-electron chi connectivity index (χ4n) is 4.22.